The SMILES string of the molecule is COCCNC(=O)CCCn1ccc2cc(C(=O)N/N=C/c3cccc(OC)c3)ccc21. The molecular weight excluding hydrogens is 408 g/mol. The second-order valence-corrected chi connectivity index (χ2v) is 7.20. The van der Waals surface area contributed by atoms with Gasteiger partial charge in [0.1, 0.15) is 5.75 Å². The topological polar surface area (TPSA) is 94.0 Å². The molecule has 2 amide bonds. The third-order valence-electron chi connectivity index (χ3n) is 4.94. The van der Waals surface area contributed by atoms with E-state index in [0.29, 0.717) is 25.1 Å². The van der Waals surface area contributed by atoms with Gasteiger partial charge in [0.05, 0.1) is 19.9 Å². The summed E-state index contributed by atoms with van der Waals surface area (Å²) in [7, 11) is 3.20. The van der Waals surface area contributed by atoms with E-state index in [4.69, 9.17) is 9.47 Å². The van der Waals surface area contributed by atoms with Gasteiger partial charge in [0.25, 0.3) is 5.91 Å². The molecule has 0 aliphatic rings. The molecule has 3 aromatic rings. The molecule has 0 unspecified atom stereocenters. The summed E-state index contributed by atoms with van der Waals surface area (Å²) in [6.07, 6.45) is 4.72. The Morgan fingerprint density at radius 1 is 1.12 bits per heavy atom. The number of hydrogen-bond donors (Lipinski definition) is 2. The Morgan fingerprint density at radius 3 is 2.81 bits per heavy atom. The van der Waals surface area contributed by atoms with Crippen molar-refractivity contribution in [2.75, 3.05) is 27.4 Å². The number of carbonyl (C=O) groups excluding carboxylic acids is 2. The van der Waals surface area contributed by atoms with Crippen molar-refractivity contribution in [2.45, 2.75) is 19.4 Å². The van der Waals surface area contributed by atoms with Crippen molar-refractivity contribution in [1.29, 1.82) is 0 Å². The summed E-state index contributed by atoms with van der Waals surface area (Å²) in [5.41, 5.74) is 4.92. The first-order valence-electron chi connectivity index (χ1n) is 10.4. The van der Waals surface area contributed by atoms with Gasteiger partial charge in [-0.2, -0.15) is 5.10 Å². The molecule has 0 radical (unpaired) electrons. The van der Waals surface area contributed by atoms with Crippen LogP contribution >= 0.6 is 0 Å². The van der Waals surface area contributed by atoms with E-state index in [0.717, 1.165) is 35.2 Å². The van der Waals surface area contributed by atoms with Gasteiger partial charge in [0, 0.05) is 49.3 Å². The first-order chi connectivity index (χ1) is 15.6. The summed E-state index contributed by atoms with van der Waals surface area (Å²) in [5.74, 6) is 0.459. The van der Waals surface area contributed by atoms with Crippen LogP contribution in [-0.4, -0.2) is 50.0 Å². The largest absolute Gasteiger partial charge is 0.497 e. The molecule has 2 aromatic carbocycles. The van der Waals surface area contributed by atoms with Gasteiger partial charge in [-0.3, -0.25) is 9.59 Å². The third-order valence-corrected chi connectivity index (χ3v) is 4.94. The van der Waals surface area contributed by atoms with E-state index in [1.807, 2.05) is 48.7 Å². The van der Waals surface area contributed by atoms with Crippen LogP contribution in [0.15, 0.2) is 59.8 Å². The highest BCUT2D eigenvalue weighted by molar-refractivity contribution is 5.98. The molecule has 0 atom stereocenters. The van der Waals surface area contributed by atoms with E-state index in [1.54, 1.807) is 26.5 Å². The molecule has 1 heterocycles. The maximum atomic E-state index is 12.5. The molecule has 2 N–H and O–H groups in total. The molecule has 8 heteroatoms. The number of nitrogens with one attached hydrogen (secondary N) is 2. The number of carbonyl (C=O) groups is 2. The fraction of sp³-hybridized carbons (Fsp3) is 0.292. The number of aromatic nitrogens is 1. The number of rotatable bonds is 11. The molecule has 0 aliphatic carbocycles. The predicted molar refractivity (Wildman–Crippen MR) is 124 cm³/mol. The first-order valence-corrected chi connectivity index (χ1v) is 10.4. The number of fused-ring (bicyclic) bond motifs is 1. The molecule has 0 aliphatic heterocycles. The average molecular weight is 437 g/mol. The Bertz CT molecular complexity index is 1090. The smallest absolute Gasteiger partial charge is 0.271 e. The van der Waals surface area contributed by atoms with Gasteiger partial charge < -0.3 is 19.4 Å². The molecule has 168 valence electrons. The lowest BCUT2D eigenvalue weighted by atomic mass is 10.1. The lowest BCUT2D eigenvalue weighted by molar-refractivity contribution is -0.121. The molecule has 8 nitrogen and oxygen atoms in total. The molecule has 0 spiro atoms. The maximum absolute atomic E-state index is 12.5. The van der Waals surface area contributed by atoms with E-state index >= 15 is 0 Å². The lowest BCUT2D eigenvalue weighted by Gasteiger charge is -2.07. The lowest BCUT2D eigenvalue weighted by Crippen LogP contribution is -2.26. The van der Waals surface area contributed by atoms with Crippen LogP contribution in [0.5, 0.6) is 5.75 Å². The van der Waals surface area contributed by atoms with Crippen LogP contribution in [0, 0.1) is 0 Å². The van der Waals surface area contributed by atoms with E-state index in [1.165, 1.54) is 0 Å². The van der Waals surface area contributed by atoms with E-state index < -0.39 is 0 Å². The van der Waals surface area contributed by atoms with Gasteiger partial charge in [0.15, 0.2) is 0 Å². The van der Waals surface area contributed by atoms with Crippen molar-refractivity contribution < 1.29 is 19.1 Å². The summed E-state index contributed by atoms with van der Waals surface area (Å²) in [5, 5.41) is 7.81. The molecular formula is C24H28N4O4. The van der Waals surface area contributed by atoms with Crippen LogP contribution in [0.1, 0.15) is 28.8 Å². The maximum Gasteiger partial charge on any atom is 0.271 e. The zero-order valence-electron chi connectivity index (χ0n) is 18.3. The van der Waals surface area contributed by atoms with Crippen LogP contribution in [0.4, 0.5) is 0 Å². The number of ether oxygens (including phenoxy) is 2. The van der Waals surface area contributed by atoms with Gasteiger partial charge in [-0.25, -0.2) is 5.43 Å². The Hall–Kier alpha value is -3.65. The minimum absolute atomic E-state index is 0.0203. The predicted octanol–water partition coefficient (Wildman–Crippen LogP) is 2.96. The first kappa shape index (κ1) is 23.0. The molecule has 0 saturated carbocycles. The van der Waals surface area contributed by atoms with Gasteiger partial charge in [0.2, 0.25) is 5.91 Å². The Morgan fingerprint density at radius 2 is 2.00 bits per heavy atom. The Labute approximate surface area is 187 Å². The van der Waals surface area contributed by atoms with Crippen molar-refractivity contribution in [3.63, 3.8) is 0 Å². The van der Waals surface area contributed by atoms with Crippen molar-refractivity contribution in [2.24, 2.45) is 5.10 Å². The fourth-order valence-electron chi connectivity index (χ4n) is 3.28. The summed E-state index contributed by atoms with van der Waals surface area (Å²) in [6, 6.07) is 14.9. The Kier molecular flexibility index (Phi) is 8.39. The number of hydrogen-bond acceptors (Lipinski definition) is 5. The van der Waals surface area contributed by atoms with Crippen molar-refractivity contribution in [3.8, 4) is 5.75 Å². The zero-order valence-corrected chi connectivity index (χ0v) is 18.3. The summed E-state index contributed by atoms with van der Waals surface area (Å²) < 4.78 is 12.2. The number of hydrazone groups is 1. The summed E-state index contributed by atoms with van der Waals surface area (Å²) >= 11 is 0. The van der Waals surface area contributed by atoms with Crippen LogP contribution < -0.4 is 15.5 Å². The normalized spacial score (nSPS) is 11.1. The molecule has 0 fully saturated rings. The Balaban J connectivity index is 1.54. The molecule has 0 bridgehead atoms. The number of amides is 2. The van der Waals surface area contributed by atoms with Crippen LogP contribution in [0.25, 0.3) is 10.9 Å². The van der Waals surface area contributed by atoms with E-state index in [2.05, 4.69) is 20.4 Å². The minimum Gasteiger partial charge on any atom is -0.497 e. The van der Waals surface area contributed by atoms with Crippen molar-refractivity contribution in [3.05, 3.63) is 65.9 Å². The average Bonchev–Trinajstić information content (AvgIpc) is 3.21. The summed E-state index contributed by atoms with van der Waals surface area (Å²) in [4.78, 5) is 24.3. The van der Waals surface area contributed by atoms with Gasteiger partial charge in [-0.1, -0.05) is 12.1 Å². The third kappa shape index (κ3) is 6.42. The van der Waals surface area contributed by atoms with Crippen molar-refractivity contribution in [1.82, 2.24) is 15.3 Å². The minimum atomic E-state index is -0.286. The van der Waals surface area contributed by atoms with Gasteiger partial charge >= 0.3 is 0 Å². The van der Waals surface area contributed by atoms with Crippen LogP contribution in [0.2, 0.25) is 0 Å². The highest BCUT2D eigenvalue weighted by atomic mass is 16.5. The number of nitrogens with zero attached hydrogens (tertiary/aromatic N) is 2. The quantitative estimate of drug-likeness (QED) is 0.275. The summed E-state index contributed by atoms with van der Waals surface area (Å²) in [6.45, 7) is 1.75. The van der Waals surface area contributed by atoms with E-state index in [-0.39, 0.29) is 11.8 Å². The van der Waals surface area contributed by atoms with Gasteiger partial charge in [-0.15, -0.1) is 0 Å². The molecule has 3 rings (SSSR count). The highest BCUT2D eigenvalue weighted by Crippen LogP contribution is 2.18. The second kappa shape index (κ2) is 11.7. The molecule has 32 heavy (non-hydrogen) atoms. The van der Waals surface area contributed by atoms with E-state index in [9.17, 15) is 9.59 Å². The van der Waals surface area contributed by atoms with Gasteiger partial charge in [-0.05, 0) is 48.4 Å². The number of aryl methyl sites for hydroxylation is 1. The fourth-order valence-corrected chi connectivity index (χ4v) is 3.28. The second-order valence-electron chi connectivity index (χ2n) is 7.20. The van der Waals surface area contributed by atoms with Crippen LogP contribution in [0.3, 0.4) is 0 Å². The standard InChI is InChI=1S/C24H28N4O4/c1-31-14-11-25-23(29)7-4-12-28-13-10-19-16-20(8-9-22(19)28)24(30)27-26-17-18-5-3-6-21(15-18)32-2/h3,5-6,8-10,13,15-17H,4,7,11-12,14H2,1-2H3,(H,25,29)(H,27,30)/b26-17+. The highest BCUT2D eigenvalue weighted by Gasteiger charge is 2.08. The zero-order chi connectivity index (χ0) is 22.8. The number of methoxy groups -OCH3 is 2. The molecule has 0 saturated heterocycles. The molecule has 1 aromatic heterocycles. The number of benzene rings is 2. The van der Waals surface area contributed by atoms with Crippen molar-refractivity contribution >= 4 is 28.9 Å². The van der Waals surface area contributed by atoms with Crippen LogP contribution in [-0.2, 0) is 16.1 Å². The monoisotopic (exact) mass is 436 g/mol.